The summed E-state index contributed by atoms with van der Waals surface area (Å²) in [5.74, 6) is 0.332. The highest BCUT2D eigenvalue weighted by molar-refractivity contribution is 5.64. The summed E-state index contributed by atoms with van der Waals surface area (Å²) < 4.78 is 0. The van der Waals surface area contributed by atoms with E-state index < -0.39 is 0 Å². The fourth-order valence-corrected chi connectivity index (χ4v) is 2.15. The van der Waals surface area contributed by atoms with E-state index in [9.17, 15) is 0 Å². The van der Waals surface area contributed by atoms with Crippen LogP contribution in [0, 0.1) is 11.3 Å². The molecule has 0 spiro atoms. The van der Waals surface area contributed by atoms with Gasteiger partial charge in [-0.05, 0) is 30.5 Å². The van der Waals surface area contributed by atoms with Crippen molar-refractivity contribution in [3.8, 4) is 0 Å². The molecule has 1 aromatic carbocycles. The third-order valence-corrected chi connectivity index (χ3v) is 3.19. The first kappa shape index (κ1) is 10.9. The lowest BCUT2D eigenvalue weighted by Crippen LogP contribution is -2.18. The molecule has 0 saturated carbocycles. The highest BCUT2D eigenvalue weighted by atomic mass is 15.2. The highest BCUT2D eigenvalue weighted by Gasteiger charge is 2.24. The molecule has 84 valence electrons. The maximum Gasteiger partial charge on any atom is 0.0408 e. The van der Waals surface area contributed by atoms with Crippen LogP contribution < -0.4 is 4.90 Å². The van der Waals surface area contributed by atoms with Crippen LogP contribution in [-0.4, -0.2) is 12.8 Å². The van der Waals surface area contributed by atoms with Gasteiger partial charge in [0.15, 0.2) is 0 Å². The zero-order chi connectivity index (χ0) is 11.5. The Hall–Kier alpha value is -1.57. The molecule has 0 radical (unpaired) electrons. The van der Waals surface area contributed by atoms with E-state index in [1.807, 2.05) is 0 Å². The molecular weight excluding hydrogens is 196 g/mol. The van der Waals surface area contributed by atoms with E-state index in [1.54, 1.807) is 0 Å². The molecule has 1 saturated heterocycles. The number of rotatable bonds is 3. The van der Waals surface area contributed by atoms with Crippen molar-refractivity contribution in [3.05, 3.63) is 42.1 Å². The first-order chi connectivity index (χ1) is 7.74. The van der Waals surface area contributed by atoms with Crippen molar-refractivity contribution in [1.82, 2.24) is 0 Å². The molecule has 1 fully saturated rings. The number of benzene rings is 1. The Labute approximate surface area is 97.1 Å². The summed E-state index contributed by atoms with van der Waals surface area (Å²) >= 11 is 0. The predicted octanol–water partition coefficient (Wildman–Crippen LogP) is 3.24. The molecule has 1 unspecified atom stereocenters. The highest BCUT2D eigenvalue weighted by Crippen LogP contribution is 2.30. The molecule has 1 atom stereocenters. The van der Waals surface area contributed by atoms with Crippen LogP contribution in [0.5, 0.6) is 0 Å². The van der Waals surface area contributed by atoms with Gasteiger partial charge in [-0.1, -0.05) is 25.6 Å². The Morgan fingerprint density at radius 2 is 2.12 bits per heavy atom. The van der Waals surface area contributed by atoms with Crippen molar-refractivity contribution in [3.63, 3.8) is 0 Å². The minimum atomic E-state index is 0.332. The number of nitrogens with one attached hydrogen (secondary N) is 1. The van der Waals surface area contributed by atoms with Gasteiger partial charge >= 0.3 is 0 Å². The van der Waals surface area contributed by atoms with Gasteiger partial charge in [0, 0.05) is 30.1 Å². The maximum atomic E-state index is 7.31. The summed E-state index contributed by atoms with van der Waals surface area (Å²) in [6.45, 7) is 7.13. The number of aryl methyl sites for hydroxylation is 1. The minimum Gasteiger partial charge on any atom is -0.345 e. The molecule has 16 heavy (non-hydrogen) atoms. The van der Waals surface area contributed by atoms with E-state index in [0.29, 0.717) is 5.92 Å². The molecule has 1 heterocycles. The summed E-state index contributed by atoms with van der Waals surface area (Å²) in [6, 6.07) is 8.63. The monoisotopic (exact) mass is 214 g/mol. The number of nitrogens with zero attached hydrogens (tertiary/aromatic N) is 1. The van der Waals surface area contributed by atoms with E-state index in [2.05, 4.69) is 42.7 Å². The second-order valence-corrected chi connectivity index (χ2v) is 4.33. The molecule has 1 N–H and O–H groups in total. The number of allylic oxidation sites excluding steroid dienone is 1. The minimum absolute atomic E-state index is 0.332. The molecule has 2 nitrogen and oxygen atoms in total. The van der Waals surface area contributed by atoms with E-state index in [4.69, 9.17) is 5.41 Å². The van der Waals surface area contributed by atoms with Crippen molar-refractivity contribution in [2.24, 2.45) is 5.92 Å². The Bertz CT molecular complexity index is 392. The van der Waals surface area contributed by atoms with Gasteiger partial charge in [0.25, 0.3) is 0 Å². The number of hydrogen-bond donors (Lipinski definition) is 1. The van der Waals surface area contributed by atoms with Gasteiger partial charge in [-0.2, -0.15) is 0 Å². The van der Waals surface area contributed by atoms with Crippen LogP contribution in [0.1, 0.15) is 18.9 Å². The Morgan fingerprint density at radius 3 is 2.62 bits per heavy atom. The number of anilines is 1. The van der Waals surface area contributed by atoms with Gasteiger partial charge in [0.05, 0.1) is 0 Å². The van der Waals surface area contributed by atoms with Crippen LogP contribution in [0.25, 0.3) is 0 Å². The van der Waals surface area contributed by atoms with E-state index in [-0.39, 0.29) is 0 Å². The smallest absolute Gasteiger partial charge is 0.0408 e. The molecule has 1 aliphatic heterocycles. The van der Waals surface area contributed by atoms with Crippen LogP contribution in [-0.2, 0) is 6.42 Å². The average molecular weight is 214 g/mol. The van der Waals surface area contributed by atoms with Gasteiger partial charge < -0.3 is 10.3 Å². The zero-order valence-corrected chi connectivity index (χ0v) is 9.74. The molecule has 0 bridgehead atoms. The first-order valence-electron chi connectivity index (χ1n) is 5.79. The average Bonchev–Trinajstić information content (AvgIpc) is 2.71. The summed E-state index contributed by atoms with van der Waals surface area (Å²) in [5, 5.41) is 7.31. The molecule has 0 aliphatic carbocycles. The van der Waals surface area contributed by atoms with Gasteiger partial charge in [0.2, 0.25) is 0 Å². The van der Waals surface area contributed by atoms with Crippen molar-refractivity contribution < 1.29 is 0 Å². The van der Waals surface area contributed by atoms with Crippen molar-refractivity contribution in [2.75, 3.05) is 11.4 Å². The van der Waals surface area contributed by atoms with Crippen LogP contribution in [0.2, 0.25) is 0 Å². The lowest BCUT2D eigenvalue weighted by Gasteiger charge is -2.19. The molecule has 2 rings (SSSR count). The van der Waals surface area contributed by atoms with Crippen LogP contribution >= 0.6 is 0 Å². The Morgan fingerprint density at radius 1 is 1.44 bits per heavy atom. The standard InChI is InChI=1S/C14H18N2/c1-3-12-4-6-14(7-5-12)16-10-13(9-15)8-11(16)2/h4-7,9,13,15H,2-3,8,10H2,1H3. The maximum absolute atomic E-state index is 7.31. The summed E-state index contributed by atoms with van der Waals surface area (Å²) in [7, 11) is 0. The third-order valence-electron chi connectivity index (χ3n) is 3.19. The lowest BCUT2D eigenvalue weighted by atomic mass is 10.1. The lowest BCUT2D eigenvalue weighted by molar-refractivity contribution is 0.807. The van der Waals surface area contributed by atoms with Gasteiger partial charge in [-0.25, -0.2) is 0 Å². The fourth-order valence-electron chi connectivity index (χ4n) is 2.15. The summed E-state index contributed by atoms with van der Waals surface area (Å²) in [4.78, 5) is 2.22. The normalized spacial score (nSPS) is 20.2. The van der Waals surface area contributed by atoms with Crippen LogP contribution in [0.4, 0.5) is 5.69 Å². The fraction of sp³-hybridized carbons (Fsp3) is 0.357. The van der Waals surface area contributed by atoms with Crippen molar-refractivity contribution >= 4 is 11.9 Å². The zero-order valence-electron chi connectivity index (χ0n) is 9.74. The molecule has 1 aliphatic rings. The number of hydrogen-bond acceptors (Lipinski definition) is 2. The van der Waals surface area contributed by atoms with Gasteiger partial charge in [-0.3, -0.25) is 0 Å². The Kier molecular flexibility index (Phi) is 3.09. The van der Waals surface area contributed by atoms with Crippen molar-refractivity contribution in [2.45, 2.75) is 19.8 Å². The summed E-state index contributed by atoms with van der Waals surface area (Å²) in [6.07, 6.45) is 3.52. The molecular formula is C14H18N2. The van der Waals surface area contributed by atoms with E-state index >= 15 is 0 Å². The summed E-state index contributed by atoms with van der Waals surface area (Å²) in [5.41, 5.74) is 3.68. The molecule has 1 aromatic rings. The first-order valence-corrected chi connectivity index (χ1v) is 5.79. The van der Waals surface area contributed by atoms with Gasteiger partial charge in [0.1, 0.15) is 0 Å². The van der Waals surface area contributed by atoms with Crippen LogP contribution in [0.15, 0.2) is 36.5 Å². The Balaban J connectivity index is 2.17. The molecule has 0 aromatic heterocycles. The SMILES string of the molecule is C=C1CC(C=N)CN1c1ccc(CC)cc1. The second kappa shape index (κ2) is 4.52. The van der Waals surface area contributed by atoms with Gasteiger partial charge in [-0.15, -0.1) is 0 Å². The predicted molar refractivity (Wildman–Crippen MR) is 69.2 cm³/mol. The molecule has 0 amide bonds. The second-order valence-electron chi connectivity index (χ2n) is 4.33. The van der Waals surface area contributed by atoms with Crippen LogP contribution in [0.3, 0.4) is 0 Å². The van der Waals surface area contributed by atoms with Crippen molar-refractivity contribution in [1.29, 1.82) is 5.41 Å². The van der Waals surface area contributed by atoms with E-state index in [0.717, 1.165) is 25.1 Å². The largest absolute Gasteiger partial charge is 0.345 e. The third kappa shape index (κ3) is 2.01. The quantitative estimate of drug-likeness (QED) is 0.768. The van der Waals surface area contributed by atoms with E-state index in [1.165, 1.54) is 17.5 Å². The topological polar surface area (TPSA) is 27.1 Å². The molecule has 2 heteroatoms.